The van der Waals surface area contributed by atoms with Crippen LogP contribution < -0.4 is 5.32 Å². The lowest BCUT2D eigenvalue weighted by Crippen LogP contribution is -2.36. The molecule has 5 nitrogen and oxygen atoms in total. The number of amides is 1. The highest BCUT2D eigenvalue weighted by Gasteiger charge is 2.22. The lowest BCUT2D eigenvalue weighted by molar-refractivity contribution is 0.0947. The van der Waals surface area contributed by atoms with Crippen molar-refractivity contribution in [1.29, 1.82) is 0 Å². The normalized spacial score (nSPS) is 11.6. The number of halogens is 3. The number of sulfonamides is 1. The Balaban J connectivity index is 1.99. The van der Waals surface area contributed by atoms with E-state index >= 15 is 0 Å². The van der Waals surface area contributed by atoms with Crippen molar-refractivity contribution in [3.63, 3.8) is 0 Å². The molecule has 0 spiro atoms. The van der Waals surface area contributed by atoms with Crippen LogP contribution in [0, 0.1) is 24.4 Å². The van der Waals surface area contributed by atoms with Gasteiger partial charge in [-0.15, -0.1) is 0 Å². The van der Waals surface area contributed by atoms with Crippen LogP contribution in [0.15, 0.2) is 41.3 Å². The Labute approximate surface area is 149 Å². The molecule has 0 unspecified atom stereocenters. The lowest BCUT2D eigenvalue weighted by Gasteiger charge is -2.17. The molecule has 26 heavy (non-hydrogen) atoms. The van der Waals surface area contributed by atoms with E-state index < -0.39 is 38.9 Å². The SMILES string of the molecule is Cc1ccc(S(=O)(=O)N(C)CCNC(=O)c2ccc(F)c(F)c2F)cc1. The summed E-state index contributed by atoms with van der Waals surface area (Å²) in [4.78, 5) is 12.0. The van der Waals surface area contributed by atoms with Gasteiger partial charge >= 0.3 is 0 Å². The Morgan fingerprint density at radius 3 is 2.27 bits per heavy atom. The van der Waals surface area contributed by atoms with Gasteiger partial charge in [0.15, 0.2) is 17.5 Å². The van der Waals surface area contributed by atoms with Crippen molar-refractivity contribution in [3.05, 3.63) is 65.0 Å². The average Bonchev–Trinajstić information content (AvgIpc) is 2.60. The van der Waals surface area contributed by atoms with Crippen molar-refractivity contribution in [2.75, 3.05) is 20.1 Å². The van der Waals surface area contributed by atoms with Gasteiger partial charge in [-0.3, -0.25) is 4.79 Å². The Hall–Kier alpha value is -2.39. The van der Waals surface area contributed by atoms with E-state index in [1.807, 2.05) is 6.92 Å². The number of aryl methyl sites for hydroxylation is 1. The van der Waals surface area contributed by atoms with Crippen LogP contribution in [-0.4, -0.2) is 38.8 Å². The van der Waals surface area contributed by atoms with Crippen molar-refractivity contribution >= 4 is 15.9 Å². The average molecular weight is 386 g/mol. The highest BCUT2D eigenvalue weighted by atomic mass is 32.2. The van der Waals surface area contributed by atoms with Gasteiger partial charge in [0.05, 0.1) is 10.5 Å². The van der Waals surface area contributed by atoms with E-state index in [1.165, 1.54) is 19.2 Å². The summed E-state index contributed by atoms with van der Waals surface area (Å²) in [5.41, 5.74) is 0.250. The van der Waals surface area contributed by atoms with E-state index in [0.717, 1.165) is 15.9 Å². The van der Waals surface area contributed by atoms with E-state index in [1.54, 1.807) is 12.1 Å². The van der Waals surface area contributed by atoms with Crippen molar-refractivity contribution in [2.24, 2.45) is 0 Å². The third-order valence-corrected chi connectivity index (χ3v) is 5.59. The Morgan fingerprint density at radius 2 is 1.65 bits per heavy atom. The monoisotopic (exact) mass is 386 g/mol. The molecule has 0 aromatic heterocycles. The van der Waals surface area contributed by atoms with Gasteiger partial charge in [0.1, 0.15) is 0 Å². The molecule has 0 bridgehead atoms. The van der Waals surface area contributed by atoms with Crippen molar-refractivity contribution in [1.82, 2.24) is 9.62 Å². The smallest absolute Gasteiger partial charge is 0.254 e. The molecule has 0 heterocycles. The molecule has 0 aliphatic rings. The second-order valence-electron chi connectivity index (χ2n) is 5.62. The standard InChI is InChI=1S/C17H17F3N2O3S/c1-11-3-5-12(6-4-11)26(24,25)22(2)10-9-21-17(23)13-7-8-14(18)16(20)15(13)19/h3-8H,9-10H2,1-2H3,(H,21,23). The molecule has 0 aliphatic heterocycles. The fourth-order valence-electron chi connectivity index (χ4n) is 2.13. The molecule has 0 radical (unpaired) electrons. The molecule has 0 saturated heterocycles. The van der Waals surface area contributed by atoms with Crippen LogP contribution in [0.3, 0.4) is 0 Å². The fraction of sp³-hybridized carbons (Fsp3) is 0.235. The molecule has 2 aromatic rings. The minimum absolute atomic E-state index is 0.0900. The predicted octanol–water partition coefficient (Wildman–Crippen LogP) is 2.46. The van der Waals surface area contributed by atoms with Crippen LogP contribution in [0.4, 0.5) is 13.2 Å². The van der Waals surface area contributed by atoms with Gasteiger partial charge in [0.25, 0.3) is 5.91 Å². The number of carbonyl (C=O) groups is 1. The van der Waals surface area contributed by atoms with Gasteiger partial charge in [-0.1, -0.05) is 17.7 Å². The zero-order valence-corrected chi connectivity index (χ0v) is 14.9. The lowest BCUT2D eigenvalue weighted by atomic mass is 10.2. The number of rotatable bonds is 6. The largest absolute Gasteiger partial charge is 0.351 e. The summed E-state index contributed by atoms with van der Waals surface area (Å²) < 4.78 is 65.4. The fourth-order valence-corrected chi connectivity index (χ4v) is 3.31. The van der Waals surface area contributed by atoms with Crippen molar-refractivity contribution < 1.29 is 26.4 Å². The first kappa shape index (κ1) is 19.9. The van der Waals surface area contributed by atoms with E-state index in [-0.39, 0.29) is 18.0 Å². The summed E-state index contributed by atoms with van der Waals surface area (Å²) >= 11 is 0. The van der Waals surface area contributed by atoms with Crippen molar-refractivity contribution in [3.8, 4) is 0 Å². The van der Waals surface area contributed by atoms with Gasteiger partial charge < -0.3 is 5.32 Å². The zero-order chi connectivity index (χ0) is 19.5. The highest BCUT2D eigenvalue weighted by Crippen LogP contribution is 2.16. The molecule has 2 rings (SSSR count). The second-order valence-corrected chi connectivity index (χ2v) is 7.66. The van der Waals surface area contributed by atoms with E-state index in [4.69, 9.17) is 0 Å². The molecule has 1 N–H and O–H groups in total. The third kappa shape index (κ3) is 4.23. The number of hydrogen-bond donors (Lipinski definition) is 1. The molecular formula is C17H17F3N2O3S. The number of nitrogens with one attached hydrogen (secondary N) is 1. The molecule has 0 fully saturated rings. The van der Waals surface area contributed by atoms with Gasteiger partial charge in [0.2, 0.25) is 10.0 Å². The Kier molecular flexibility index (Phi) is 6.04. The Morgan fingerprint density at radius 1 is 1.04 bits per heavy atom. The predicted molar refractivity (Wildman–Crippen MR) is 89.6 cm³/mol. The summed E-state index contributed by atoms with van der Waals surface area (Å²) in [7, 11) is -2.41. The molecule has 0 saturated carbocycles. The first-order chi connectivity index (χ1) is 12.1. The number of hydrogen-bond acceptors (Lipinski definition) is 3. The maximum Gasteiger partial charge on any atom is 0.254 e. The van der Waals surface area contributed by atoms with Gasteiger partial charge in [-0.05, 0) is 31.2 Å². The number of carbonyl (C=O) groups excluding carboxylic acids is 1. The van der Waals surface area contributed by atoms with Crippen LogP contribution in [0.1, 0.15) is 15.9 Å². The minimum Gasteiger partial charge on any atom is -0.351 e. The summed E-state index contributed by atoms with van der Waals surface area (Å²) in [5, 5.41) is 2.28. The molecule has 0 aliphatic carbocycles. The van der Waals surface area contributed by atoms with Crippen LogP contribution in [0.5, 0.6) is 0 Å². The number of nitrogens with zero attached hydrogens (tertiary/aromatic N) is 1. The molecule has 9 heteroatoms. The maximum atomic E-state index is 13.6. The van der Waals surface area contributed by atoms with Crippen LogP contribution in [0.2, 0.25) is 0 Å². The quantitative estimate of drug-likeness (QED) is 0.776. The summed E-state index contributed by atoms with van der Waals surface area (Å²) in [6.07, 6.45) is 0. The molecular weight excluding hydrogens is 369 g/mol. The van der Waals surface area contributed by atoms with E-state index in [9.17, 15) is 26.4 Å². The van der Waals surface area contributed by atoms with Gasteiger partial charge in [-0.2, -0.15) is 4.31 Å². The molecule has 2 aromatic carbocycles. The molecule has 1 amide bonds. The van der Waals surface area contributed by atoms with Gasteiger partial charge in [0, 0.05) is 20.1 Å². The second kappa shape index (κ2) is 7.88. The van der Waals surface area contributed by atoms with E-state index in [0.29, 0.717) is 6.07 Å². The topological polar surface area (TPSA) is 66.5 Å². The number of likely N-dealkylation sites (N-methyl/N-ethyl adjacent to an activating group) is 1. The molecule has 0 atom stereocenters. The van der Waals surface area contributed by atoms with Crippen molar-refractivity contribution in [2.45, 2.75) is 11.8 Å². The third-order valence-electron chi connectivity index (χ3n) is 3.72. The van der Waals surface area contributed by atoms with Crippen LogP contribution in [0.25, 0.3) is 0 Å². The first-order valence-electron chi connectivity index (χ1n) is 7.59. The van der Waals surface area contributed by atoms with Crippen LogP contribution in [-0.2, 0) is 10.0 Å². The molecule has 140 valence electrons. The summed E-state index contributed by atoms with van der Waals surface area (Å²) in [6.45, 7) is 1.60. The summed E-state index contributed by atoms with van der Waals surface area (Å²) in [6, 6.07) is 7.71. The Bertz CT molecular complexity index is 916. The highest BCUT2D eigenvalue weighted by molar-refractivity contribution is 7.89. The number of benzene rings is 2. The van der Waals surface area contributed by atoms with E-state index in [2.05, 4.69) is 5.32 Å². The summed E-state index contributed by atoms with van der Waals surface area (Å²) in [5.74, 6) is -5.70. The maximum absolute atomic E-state index is 13.6. The zero-order valence-electron chi connectivity index (χ0n) is 14.1. The van der Waals surface area contributed by atoms with Gasteiger partial charge in [-0.25, -0.2) is 21.6 Å². The minimum atomic E-state index is -3.74. The first-order valence-corrected chi connectivity index (χ1v) is 9.03. The van der Waals surface area contributed by atoms with Crippen LogP contribution >= 0.6 is 0 Å².